The molecule has 0 saturated carbocycles. The van der Waals surface area contributed by atoms with Gasteiger partial charge in [-0.3, -0.25) is 14.0 Å². The maximum Gasteiger partial charge on any atom is 0.313 e. The summed E-state index contributed by atoms with van der Waals surface area (Å²) in [6.45, 7) is 4.04. The number of carbonyl (C=O) groups excluding carboxylic acids is 1. The van der Waals surface area contributed by atoms with Gasteiger partial charge in [0.25, 0.3) is 0 Å². The quantitative estimate of drug-likeness (QED) is 0.841. The van der Waals surface area contributed by atoms with Crippen molar-refractivity contribution in [1.82, 2.24) is 14.6 Å². The van der Waals surface area contributed by atoms with E-state index in [1.165, 1.54) is 0 Å². The standard InChI is InChI=1S/C13H16N4O3S/c1-8(2)13-16-15-10-4-3-9(5-17(10)13)14-11(18)6-21-7-12(19)20/h3-5,8H,6-7H2,1-2H3,(H,14,18)(H,19,20). The number of hydrogen-bond acceptors (Lipinski definition) is 5. The number of hydrogen-bond donors (Lipinski definition) is 2. The zero-order chi connectivity index (χ0) is 15.4. The second-order valence-electron chi connectivity index (χ2n) is 4.79. The van der Waals surface area contributed by atoms with Crippen LogP contribution in [0.15, 0.2) is 18.3 Å². The van der Waals surface area contributed by atoms with E-state index in [-0.39, 0.29) is 23.3 Å². The maximum atomic E-state index is 11.7. The lowest BCUT2D eigenvalue weighted by Crippen LogP contribution is -2.15. The van der Waals surface area contributed by atoms with E-state index in [1.54, 1.807) is 18.3 Å². The highest BCUT2D eigenvalue weighted by Gasteiger charge is 2.10. The first kappa shape index (κ1) is 15.3. The molecule has 2 N–H and O–H groups in total. The monoisotopic (exact) mass is 308 g/mol. The van der Waals surface area contributed by atoms with Gasteiger partial charge in [0.15, 0.2) is 5.65 Å². The summed E-state index contributed by atoms with van der Waals surface area (Å²) in [6, 6.07) is 3.52. The second kappa shape index (κ2) is 6.57. The van der Waals surface area contributed by atoms with Crippen LogP contribution >= 0.6 is 11.8 Å². The van der Waals surface area contributed by atoms with Gasteiger partial charge in [-0.1, -0.05) is 13.8 Å². The molecule has 0 saturated heterocycles. The molecule has 0 radical (unpaired) electrons. The summed E-state index contributed by atoms with van der Waals surface area (Å²) in [5.41, 5.74) is 1.35. The number of thioether (sulfide) groups is 1. The molecule has 0 atom stereocenters. The van der Waals surface area contributed by atoms with Crippen LogP contribution in [-0.4, -0.2) is 43.1 Å². The molecule has 2 aromatic heterocycles. The smallest absolute Gasteiger partial charge is 0.313 e. The van der Waals surface area contributed by atoms with Crippen molar-refractivity contribution in [2.75, 3.05) is 16.8 Å². The molecule has 2 aromatic rings. The molecule has 8 heteroatoms. The number of nitrogens with one attached hydrogen (secondary N) is 1. The minimum Gasteiger partial charge on any atom is -0.481 e. The Kier molecular flexibility index (Phi) is 4.79. The Morgan fingerprint density at radius 1 is 1.33 bits per heavy atom. The van der Waals surface area contributed by atoms with Crippen LogP contribution in [0.25, 0.3) is 5.65 Å². The van der Waals surface area contributed by atoms with Crippen LogP contribution in [0.2, 0.25) is 0 Å². The minimum absolute atomic E-state index is 0.0879. The number of amides is 1. The molecule has 112 valence electrons. The van der Waals surface area contributed by atoms with Crippen LogP contribution < -0.4 is 5.32 Å². The molecular formula is C13H16N4O3S. The van der Waals surface area contributed by atoms with Crippen molar-refractivity contribution >= 4 is 35.0 Å². The average molecular weight is 308 g/mol. The maximum absolute atomic E-state index is 11.7. The lowest BCUT2D eigenvalue weighted by molar-refractivity contribution is -0.133. The number of carboxylic acid groups (broad SMARTS) is 1. The normalized spacial score (nSPS) is 11.0. The number of nitrogens with zero attached hydrogens (tertiary/aromatic N) is 3. The lowest BCUT2D eigenvalue weighted by Gasteiger charge is -2.07. The van der Waals surface area contributed by atoms with Crippen molar-refractivity contribution in [2.24, 2.45) is 0 Å². The summed E-state index contributed by atoms with van der Waals surface area (Å²) >= 11 is 1.06. The minimum atomic E-state index is -0.930. The molecule has 2 rings (SSSR count). The van der Waals surface area contributed by atoms with E-state index < -0.39 is 5.97 Å². The van der Waals surface area contributed by atoms with Crippen molar-refractivity contribution in [3.05, 3.63) is 24.2 Å². The zero-order valence-corrected chi connectivity index (χ0v) is 12.6. The van der Waals surface area contributed by atoms with E-state index in [4.69, 9.17) is 5.11 Å². The largest absolute Gasteiger partial charge is 0.481 e. The Bertz CT molecular complexity index is 668. The fraction of sp³-hybridized carbons (Fsp3) is 0.385. The summed E-state index contributed by atoms with van der Waals surface area (Å²) in [7, 11) is 0. The van der Waals surface area contributed by atoms with Crippen LogP contribution in [0.1, 0.15) is 25.6 Å². The van der Waals surface area contributed by atoms with E-state index >= 15 is 0 Å². The highest BCUT2D eigenvalue weighted by Crippen LogP contribution is 2.17. The molecule has 0 fully saturated rings. The Balaban J connectivity index is 2.06. The van der Waals surface area contributed by atoms with Crippen LogP contribution in [-0.2, 0) is 9.59 Å². The third-order valence-electron chi connectivity index (χ3n) is 2.69. The highest BCUT2D eigenvalue weighted by atomic mass is 32.2. The number of aliphatic carboxylic acids is 1. The van der Waals surface area contributed by atoms with Gasteiger partial charge in [0.05, 0.1) is 17.2 Å². The van der Waals surface area contributed by atoms with Gasteiger partial charge >= 0.3 is 5.97 Å². The molecule has 0 aliphatic heterocycles. The molecule has 1 amide bonds. The van der Waals surface area contributed by atoms with Gasteiger partial charge in [0.2, 0.25) is 5.91 Å². The summed E-state index contributed by atoms with van der Waals surface area (Å²) in [6.07, 6.45) is 1.77. The lowest BCUT2D eigenvalue weighted by atomic mass is 10.2. The number of carboxylic acids is 1. The Labute approximate surface area is 125 Å². The molecule has 2 heterocycles. The number of carbonyl (C=O) groups is 2. The molecule has 7 nitrogen and oxygen atoms in total. The van der Waals surface area contributed by atoms with Crippen molar-refractivity contribution in [3.8, 4) is 0 Å². The fourth-order valence-electron chi connectivity index (χ4n) is 1.80. The predicted molar refractivity (Wildman–Crippen MR) is 80.7 cm³/mol. The van der Waals surface area contributed by atoms with Gasteiger partial charge in [-0.25, -0.2) is 0 Å². The van der Waals surface area contributed by atoms with E-state index in [2.05, 4.69) is 15.5 Å². The number of pyridine rings is 1. The van der Waals surface area contributed by atoms with Gasteiger partial charge in [0, 0.05) is 12.1 Å². The van der Waals surface area contributed by atoms with Gasteiger partial charge in [-0.2, -0.15) is 0 Å². The zero-order valence-electron chi connectivity index (χ0n) is 11.7. The van der Waals surface area contributed by atoms with E-state index in [9.17, 15) is 9.59 Å². The topological polar surface area (TPSA) is 96.6 Å². The molecule has 0 unspecified atom stereocenters. The number of aromatic nitrogens is 3. The fourth-order valence-corrected chi connectivity index (χ4v) is 2.34. The Morgan fingerprint density at radius 2 is 2.10 bits per heavy atom. The molecule has 0 bridgehead atoms. The third-order valence-corrected chi connectivity index (χ3v) is 3.60. The van der Waals surface area contributed by atoms with Gasteiger partial charge in [-0.15, -0.1) is 22.0 Å². The van der Waals surface area contributed by atoms with E-state index in [0.29, 0.717) is 5.69 Å². The first-order valence-electron chi connectivity index (χ1n) is 6.41. The van der Waals surface area contributed by atoms with Crippen LogP contribution in [0.5, 0.6) is 0 Å². The molecule has 21 heavy (non-hydrogen) atoms. The SMILES string of the molecule is CC(C)c1nnc2ccc(NC(=O)CSCC(=O)O)cn12. The van der Waals surface area contributed by atoms with Crippen molar-refractivity contribution in [2.45, 2.75) is 19.8 Å². The molecule has 0 aromatic carbocycles. The number of anilines is 1. The molecule has 0 aliphatic carbocycles. The van der Waals surface area contributed by atoms with Crippen LogP contribution in [0.4, 0.5) is 5.69 Å². The van der Waals surface area contributed by atoms with E-state index in [1.807, 2.05) is 18.2 Å². The first-order valence-corrected chi connectivity index (χ1v) is 7.57. The second-order valence-corrected chi connectivity index (χ2v) is 5.78. The third kappa shape index (κ3) is 3.94. The predicted octanol–water partition coefficient (Wildman–Crippen LogP) is 1.61. The molecule has 0 aliphatic rings. The van der Waals surface area contributed by atoms with Crippen molar-refractivity contribution in [1.29, 1.82) is 0 Å². The van der Waals surface area contributed by atoms with Crippen LogP contribution in [0.3, 0.4) is 0 Å². The summed E-state index contributed by atoms with van der Waals surface area (Å²) in [5.74, 6) is -0.114. The Hall–Kier alpha value is -2.09. The van der Waals surface area contributed by atoms with Gasteiger partial charge < -0.3 is 10.4 Å². The van der Waals surface area contributed by atoms with E-state index in [0.717, 1.165) is 23.2 Å². The highest BCUT2D eigenvalue weighted by molar-refractivity contribution is 8.00. The number of rotatable bonds is 6. The van der Waals surface area contributed by atoms with Gasteiger partial charge in [0.1, 0.15) is 5.82 Å². The Morgan fingerprint density at radius 3 is 2.76 bits per heavy atom. The number of fused-ring (bicyclic) bond motifs is 1. The van der Waals surface area contributed by atoms with Crippen molar-refractivity contribution < 1.29 is 14.7 Å². The summed E-state index contributed by atoms with van der Waals surface area (Å²) < 4.78 is 1.84. The van der Waals surface area contributed by atoms with Gasteiger partial charge in [-0.05, 0) is 12.1 Å². The summed E-state index contributed by atoms with van der Waals surface area (Å²) in [4.78, 5) is 22.1. The molecule has 0 spiro atoms. The summed E-state index contributed by atoms with van der Waals surface area (Å²) in [5, 5.41) is 19.4. The molecular weight excluding hydrogens is 292 g/mol. The first-order chi connectivity index (χ1) is 9.97. The van der Waals surface area contributed by atoms with Crippen LogP contribution in [0, 0.1) is 0 Å². The average Bonchev–Trinajstić information content (AvgIpc) is 2.81. The van der Waals surface area contributed by atoms with Crippen molar-refractivity contribution in [3.63, 3.8) is 0 Å².